The molecule has 1 heterocycles. The first kappa shape index (κ1) is 14.9. The second-order valence-electron chi connectivity index (χ2n) is 6.44. The highest BCUT2D eigenvalue weighted by molar-refractivity contribution is 5.37. The molecule has 0 saturated carbocycles. The van der Waals surface area contributed by atoms with Crippen molar-refractivity contribution in [3.63, 3.8) is 0 Å². The largest absolute Gasteiger partial charge is 0.508 e. The van der Waals surface area contributed by atoms with Gasteiger partial charge in [-0.25, -0.2) is 0 Å². The van der Waals surface area contributed by atoms with Gasteiger partial charge in [-0.15, -0.1) is 10.3 Å². The van der Waals surface area contributed by atoms with Crippen molar-refractivity contribution in [3.8, 4) is 11.5 Å². The SMILES string of the molecule is C[C@@]1(c2cccc(O)c2)CC[C@@](C)(c2cccc(O)c2)N1[O]. The van der Waals surface area contributed by atoms with Gasteiger partial charge in [0.1, 0.15) is 11.5 Å². The van der Waals surface area contributed by atoms with Crippen molar-refractivity contribution in [2.45, 2.75) is 37.8 Å². The van der Waals surface area contributed by atoms with Crippen LogP contribution < -0.4 is 0 Å². The Morgan fingerprint density at radius 2 is 1.27 bits per heavy atom. The van der Waals surface area contributed by atoms with E-state index in [1.807, 2.05) is 26.0 Å². The van der Waals surface area contributed by atoms with Crippen LogP contribution in [-0.4, -0.2) is 15.3 Å². The second-order valence-corrected chi connectivity index (χ2v) is 6.44. The van der Waals surface area contributed by atoms with E-state index >= 15 is 0 Å². The van der Waals surface area contributed by atoms with E-state index < -0.39 is 11.1 Å². The summed E-state index contributed by atoms with van der Waals surface area (Å²) in [6.07, 6.45) is 1.37. The summed E-state index contributed by atoms with van der Waals surface area (Å²) >= 11 is 0. The van der Waals surface area contributed by atoms with Crippen molar-refractivity contribution in [1.29, 1.82) is 0 Å². The zero-order valence-electron chi connectivity index (χ0n) is 12.8. The van der Waals surface area contributed by atoms with Crippen molar-refractivity contribution < 1.29 is 15.4 Å². The van der Waals surface area contributed by atoms with Crippen LogP contribution in [0.2, 0.25) is 0 Å². The maximum atomic E-state index is 13.1. The lowest BCUT2D eigenvalue weighted by atomic mass is 9.89. The Labute approximate surface area is 130 Å². The molecule has 0 aliphatic carbocycles. The summed E-state index contributed by atoms with van der Waals surface area (Å²) in [5.74, 6) is 0.330. The van der Waals surface area contributed by atoms with Crippen LogP contribution in [0.15, 0.2) is 48.5 Å². The van der Waals surface area contributed by atoms with Crippen LogP contribution in [0.25, 0.3) is 0 Å². The van der Waals surface area contributed by atoms with E-state index in [1.54, 1.807) is 36.4 Å². The van der Waals surface area contributed by atoms with Gasteiger partial charge >= 0.3 is 0 Å². The molecule has 0 aromatic heterocycles. The molecule has 1 fully saturated rings. The average molecular weight is 298 g/mol. The van der Waals surface area contributed by atoms with Crippen molar-refractivity contribution in [3.05, 3.63) is 59.7 Å². The standard InChI is InChI=1S/C18H20NO3/c1-17(13-5-3-7-15(20)11-13)9-10-18(2,19(17)22)14-6-4-8-16(21)12-14/h3-8,11-12,20-21H,9-10H2,1-2H3/t17-,18-/m0/s1. The molecule has 1 saturated heterocycles. The van der Waals surface area contributed by atoms with Crippen LogP contribution in [0, 0.1) is 0 Å². The zero-order valence-corrected chi connectivity index (χ0v) is 12.8. The highest BCUT2D eigenvalue weighted by atomic mass is 16.5. The van der Waals surface area contributed by atoms with Crippen LogP contribution in [0.4, 0.5) is 0 Å². The summed E-state index contributed by atoms with van der Waals surface area (Å²) in [6, 6.07) is 13.8. The van der Waals surface area contributed by atoms with Gasteiger partial charge in [0, 0.05) is 0 Å². The van der Waals surface area contributed by atoms with Gasteiger partial charge in [0.05, 0.1) is 11.1 Å². The quantitative estimate of drug-likeness (QED) is 0.889. The van der Waals surface area contributed by atoms with Gasteiger partial charge in [0.25, 0.3) is 0 Å². The lowest BCUT2D eigenvalue weighted by Gasteiger charge is -2.37. The number of aromatic hydroxyl groups is 2. The van der Waals surface area contributed by atoms with E-state index in [-0.39, 0.29) is 11.5 Å². The zero-order chi connectivity index (χ0) is 16.0. The number of phenolic OH excluding ortho intramolecular Hbond substituents is 2. The predicted molar refractivity (Wildman–Crippen MR) is 82.7 cm³/mol. The molecule has 115 valence electrons. The number of hydroxylamine groups is 2. The van der Waals surface area contributed by atoms with Gasteiger partial charge in [-0.1, -0.05) is 24.3 Å². The van der Waals surface area contributed by atoms with Crippen LogP contribution in [-0.2, 0) is 16.3 Å². The maximum absolute atomic E-state index is 13.1. The van der Waals surface area contributed by atoms with Crippen molar-refractivity contribution in [1.82, 2.24) is 5.06 Å². The Morgan fingerprint density at radius 1 is 0.864 bits per heavy atom. The summed E-state index contributed by atoms with van der Waals surface area (Å²) < 4.78 is 0. The molecule has 0 spiro atoms. The van der Waals surface area contributed by atoms with E-state index in [2.05, 4.69) is 0 Å². The highest BCUT2D eigenvalue weighted by Crippen LogP contribution is 2.51. The molecular weight excluding hydrogens is 278 g/mol. The van der Waals surface area contributed by atoms with Gasteiger partial charge < -0.3 is 10.2 Å². The van der Waals surface area contributed by atoms with Crippen LogP contribution in [0.5, 0.6) is 11.5 Å². The monoisotopic (exact) mass is 298 g/mol. The fraction of sp³-hybridized carbons (Fsp3) is 0.333. The van der Waals surface area contributed by atoms with Crippen molar-refractivity contribution in [2.24, 2.45) is 0 Å². The minimum absolute atomic E-state index is 0.165. The molecule has 0 amide bonds. The van der Waals surface area contributed by atoms with Crippen LogP contribution >= 0.6 is 0 Å². The van der Waals surface area contributed by atoms with E-state index in [1.165, 1.54) is 0 Å². The van der Waals surface area contributed by atoms with Gasteiger partial charge in [-0.2, -0.15) is 0 Å². The van der Waals surface area contributed by atoms with Gasteiger partial charge in [-0.3, -0.25) is 0 Å². The Kier molecular flexibility index (Phi) is 3.38. The van der Waals surface area contributed by atoms with E-state index in [0.717, 1.165) is 16.2 Å². The third-order valence-corrected chi connectivity index (χ3v) is 4.93. The molecule has 3 rings (SSSR count). The Balaban J connectivity index is 2.02. The molecule has 4 nitrogen and oxygen atoms in total. The number of phenols is 2. The highest BCUT2D eigenvalue weighted by Gasteiger charge is 2.52. The van der Waals surface area contributed by atoms with E-state index in [9.17, 15) is 15.4 Å². The second kappa shape index (κ2) is 5.00. The number of nitrogens with zero attached hydrogens (tertiary/aromatic N) is 1. The first-order valence-electron chi connectivity index (χ1n) is 7.43. The fourth-order valence-corrected chi connectivity index (χ4v) is 3.44. The lowest BCUT2D eigenvalue weighted by Crippen LogP contribution is -2.44. The molecule has 22 heavy (non-hydrogen) atoms. The Bertz CT molecular complexity index is 643. The summed E-state index contributed by atoms with van der Waals surface area (Å²) in [4.78, 5) is 0. The summed E-state index contributed by atoms with van der Waals surface area (Å²) in [7, 11) is 0. The number of hydrogen-bond donors (Lipinski definition) is 2. The molecule has 1 aliphatic heterocycles. The lowest BCUT2D eigenvalue weighted by molar-refractivity contribution is -0.260. The summed E-state index contributed by atoms with van der Waals surface area (Å²) in [6.45, 7) is 3.81. The summed E-state index contributed by atoms with van der Waals surface area (Å²) in [5, 5.41) is 33.6. The number of hydrogen-bond acceptors (Lipinski definition) is 3. The maximum Gasteiger partial charge on any atom is 0.115 e. The molecule has 0 unspecified atom stereocenters. The molecule has 0 bridgehead atoms. The normalized spacial score (nSPS) is 28.9. The molecule has 2 aromatic carbocycles. The first-order chi connectivity index (χ1) is 10.4. The molecule has 1 radical (unpaired) electrons. The molecule has 2 atom stereocenters. The third kappa shape index (κ3) is 2.16. The molecule has 2 aromatic rings. The van der Waals surface area contributed by atoms with Gasteiger partial charge in [0.2, 0.25) is 0 Å². The summed E-state index contributed by atoms with van der Waals surface area (Å²) in [5.41, 5.74) is 0.232. The first-order valence-corrected chi connectivity index (χ1v) is 7.43. The van der Waals surface area contributed by atoms with E-state index in [4.69, 9.17) is 0 Å². The fourth-order valence-electron chi connectivity index (χ4n) is 3.44. The van der Waals surface area contributed by atoms with Gasteiger partial charge in [0.15, 0.2) is 0 Å². The number of rotatable bonds is 2. The topological polar surface area (TPSA) is 63.6 Å². The van der Waals surface area contributed by atoms with Crippen LogP contribution in [0.3, 0.4) is 0 Å². The molecular formula is C18H20NO3. The predicted octanol–water partition coefficient (Wildman–Crippen LogP) is 3.67. The molecule has 2 N–H and O–H groups in total. The Hall–Kier alpha value is -2.04. The molecule has 1 aliphatic rings. The van der Waals surface area contributed by atoms with Crippen LogP contribution in [0.1, 0.15) is 37.8 Å². The van der Waals surface area contributed by atoms with Gasteiger partial charge in [-0.05, 0) is 62.1 Å². The van der Waals surface area contributed by atoms with E-state index in [0.29, 0.717) is 12.8 Å². The minimum atomic E-state index is -0.695. The van der Waals surface area contributed by atoms with Crippen molar-refractivity contribution in [2.75, 3.05) is 0 Å². The average Bonchev–Trinajstić information content (AvgIpc) is 2.74. The molecule has 4 heteroatoms. The minimum Gasteiger partial charge on any atom is -0.508 e. The third-order valence-electron chi connectivity index (χ3n) is 4.93. The van der Waals surface area contributed by atoms with Crippen molar-refractivity contribution >= 4 is 0 Å². The number of benzene rings is 2. The Morgan fingerprint density at radius 3 is 1.64 bits per heavy atom. The smallest absolute Gasteiger partial charge is 0.115 e.